The molecular weight excluding hydrogens is 456 g/mol. The molecule has 0 saturated heterocycles. The topological polar surface area (TPSA) is 58.6 Å². The van der Waals surface area contributed by atoms with Crippen molar-refractivity contribution in [2.45, 2.75) is 18.2 Å². The van der Waals surface area contributed by atoms with E-state index < -0.39 is 17.6 Å². The van der Waals surface area contributed by atoms with Crippen molar-refractivity contribution in [3.8, 4) is 0 Å². The fourth-order valence-electron chi connectivity index (χ4n) is 4.24. The molecule has 154 valence electrons. The Morgan fingerprint density at radius 2 is 1.68 bits per heavy atom. The van der Waals surface area contributed by atoms with Gasteiger partial charge in [0, 0.05) is 21.8 Å². The predicted molar refractivity (Wildman–Crippen MR) is 123 cm³/mol. The molecule has 6 heteroatoms. The molecule has 31 heavy (non-hydrogen) atoms. The number of benzene rings is 3. The van der Waals surface area contributed by atoms with Crippen molar-refractivity contribution in [3.05, 3.63) is 107 Å². The summed E-state index contributed by atoms with van der Waals surface area (Å²) in [7, 11) is 0. The second-order valence-corrected chi connectivity index (χ2v) is 8.47. The molecule has 2 heterocycles. The van der Waals surface area contributed by atoms with E-state index in [4.69, 9.17) is 4.74 Å². The van der Waals surface area contributed by atoms with Crippen LogP contribution in [0.1, 0.15) is 11.1 Å². The average Bonchev–Trinajstić information content (AvgIpc) is 3.31. The quantitative estimate of drug-likeness (QED) is 0.540. The number of hydrogen-bond acceptors (Lipinski definition) is 4. The summed E-state index contributed by atoms with van der Waals surface area (Å²) in [5.41, 5.74) is 2.05. The first kappa shape index (κ1) is 19.6. The monoisotopic (exact) mass is 474 g/mol. The molecule has 0 bridgehead atoms. The summed E-state index contributed by atoms with van der Waals surface area (Å²) in [4.78, 5) is 27.9. The number of rotatable bonds is 5. The minimum atomic E-state index is -1.28. The SMILES string of the molecule is O=C1C=C[C@@H]([C@]2(Nc3ccccc3)C(=O)N(Cc3ccccc3)c3ccc(Br)cc32)O1. The number of carbonyl (C=O) groups excluding carboxylic acids is 2. The van der Waals surface area contributed by atoms with Crippen molar-refractivity contribution in [1.82, 2.24) is 0 Å². The Morgan fingerprint density at radius 3 is 2.35 bits per heavy atom. The van der Waals surface area contributed by atoms with Gasteiger partial charge >= 0.3 is 5.97 Å². The zero-order chi connectivity index (χ0) is 21.4. The molecular formula is C25H19BrN2O3. The van der Waals surface area contributed by atoms with E-state index in [1.54, 1.807) is 11.0 Å². The highest BCUT2D eigenvalue weighted by molar-refractivity contribution is 9.10. The molecule has 0 fully saturated rings. The third-order valence-electron chi connectivity index (χ3n) is 5.63. The molecule has 3 aromatic rings. The number of amides is 1. The number of ether oxygens (including phenoxy) is 1. The zero-order valence-electron chi connectivity index (χ0n) is 16.5. The van der Waals surface area contributed by atoms with E-state index in [1.807, 2.05) is 78.9 Å². The van der Waals surface area contributed by atoms with E-state index in [-0.39, 0.29) is 5.91 Å². The van der Waals surface area contributed by atoms with Crippen molar-refractivity contribution in [2.75, 3.05) is 10.2 Å². The molecule has 2 aliphatic rings. The first-order chi connectivity index (χ1) is 15.1. The second-order valence-electron chi connectivity index (χ2n) is 7.55. The lowest BCUT2D eigenvalue weighted by molar-refractivity contribution is -0.143. The highest BCUT2D eigenvalue weighted by Crippen LogP contribution is 2.48. The molecule has 1 amide bonds. The van der Waals surface area contributed by atoms with Gasteiger partial charge in [-0.05, 0) is 42.0 Å². The van der Waals surface area contributed by atoms with Gasteiger partial charge in [-0.25, -0.2) is 4.79 Å². The number of nitrogens with zero attached hydrogens (tertiary/aromatic N) is 1. The van der Waals surface area contributed by atoms with E-state index in [2.05, 4.69) is 21.2 Å². The smallest absolute Gasteiger partial charge is 0.331 e. The first-order valence-electron chi connectivity index (χ1n) is 9.96. The summed E-state index contributed by atoms with van der Waals surface area (Å²) >= 11 is 3.55. The largest absolute Gasteiger partial charge is 0.451 e. The second kappa shape index (κ2) is 7.71. The van der Waals surface area contributed by atoms with Crippen molar-refractivity contribution in [2.24, 2.45) is 0 Å². The predicted octanol–water partition coefficient (Wildman–Crippen LogP) is 4.78. The average molecular weight is 475 g/mol. The summed E-state index contributed by atoms with van der Waals surface area (Å²) in [6.45, 7) is 0.414. The van der Waals surface area contributed by atoms with Crippen LogP contribution in [0.4, 0.5) is 11.4 Å². The van der Waals surface area contributed by atoms with Crippen LogP contribution in [0.25, 0.3) is 0 Å². The third kappa shape index (κ3) is 3.33. The molecule has 5 nitrogen and oxygen atoms in total. The maximum Gasteiger partial charge on any atom is 0.331 e. The third-order valence-corrected chi connectivity index (χ3v) is 6.13. The molecule has 0 aromatic heterocycles. The lowest BCUT2D eigenvalue weighted by Gasteiger charge is -2.34. The molecule has 0 radical (unpaired) electrons. The number of fused-ring (bicyclic) bond motifs is 1. The summed E-state index contributed by atoms with van der Waals surface area (Å²) in [6.07, 6.45) is 2.26. The van der Waals surface area contributed by atoms with Gasteiger partial charge < -0.3 is 15.0 Å². The number of esters is 1. The van der Waals surface area contributed by atoms with Gasteiger partial charge in [-0.3, -0.25) is 4.79 Å². The van der Waals surface area contributed by atoms with Gasteiger partial charge in [0.2, 0.25) is 0 Å². The Labute approximate surface area is 188 Å². The standard InChI is InChI=1S/C25H19BrN2O3/c26-18-11-12-21-20(15-18)25(22-13-14-23(29)31-22,27-19-9-5-2-6-10-19)24(30)28(21)16-17-7-3-1-4-8-17/h1-15,22,27H,16H2/t22-,25-/m0/s1. The van der Waals surface area contributed by atoms with Gasteiger partial charge in [0.05, 0.1) is 12.2 Å². The Kier molecular flexibility index (Phi) is 4.87. The number of hydrogen-bond donors (Lipinski definition) is 1. The Hall–Kier alpha value is -3.38. The minimum Gasteiger partial charge on any atom is -0.451 e. The number of para-hydroxylation sites is 1. The molecule has 0 aliphatic carbocycles. The van der Waals surface area contributed by atoms with Crippen LogP contribution in [0.2, 0.25) is 0 Å². The fraction of sp³-hybridized carbons (Fsp3) is 0.120. The minimum absolute atomic E-state index is 0.169. The van der Waals surface area contributed by atoms with E-state index in [9.17, 15) is 9.59 Å². The lowest BCUT2D eigenvalue weighted by atomic mass is 9.85. The van der Waals surface area contributed by atoms with Crippen LogP contribution in [0.15, 0.2) is 95.5 Å². The van der Waals surface area contributed by atoms with Gasteiger partial charge in [0.25, 0.3) is 5.91 Å². The van der Waals surface area contributed by atoms with E-state index >= 15 is 0 Å². The number of cyclic esters (lactones) is 1. The molecule has 2 aliphatic heterocycles. The van der Waals surface area contributed by atoms with Crippen molar-refractivity contribution in [3.63, 3.8) is 0 Å². The number of halogens is 1. The fourth-order valence-corrected chi connectivity index (χ4v) is 4.60. The normalized spacial score (nSPS) is 21.8. The Bertz CT molecular complexity index is 1180. The maximum atomic E-state index is 14.1. The van der Waals surface area contributed by atoms with E-state index in [0.29, 0.717) is 6.54 Å². The molecule has 0 unspecified atom stereocenters. The van der Waals surface area contributed by atoms with Gasteiger partial charge in [-0.15, -0.1) is 0 Å². The van der Waals surface area contributed by atoms with Gasteiger partial charge in [-0.2, -0.15) is 0 Å². The van der Waals surface area contributed by atoms with Crippen LogP contribution in [-0.4, -0.2) is 18.0 Å². The van der Waals surface area contributed by atoms with Gasteiger partial charge in [0.15, 0.2) is 11.6 Å². The summed E-state index contributed by atoms with van der Waals surface area (Å²) in [5.74, 6) is -0.622. The van der Waals surface area contributed by atoms with Crippen LogP contribution in [0.3, 0.4) is 0 Å². The summed E-state index contributed by atoms with van der Waals surface area (Å²) in [5, 5.41) is 3.43. The zero-order valence-corrected chi connectivity index (χ0v) is 18.1. The first-order valence-corrected chi connectivity index (χ1v) is 10.8. The molecule has 5 rings (SSSR count). The van der Waals surface area contributed by atoms with Crippen LogP contribution in [0, 0.1) is 0 Å². The lowest BCUT2D eigenvalue weighted by Crippen LogP contribution is -2.53. The summed E-state index contributed by atoms with van der Waals surface area (Å²) in [6, 6.07) is 25.1. The summed E-state index contributed by atoms with van der Waals surface area (Å²) < 4.78 is 6.45. The molecule has 1 N–H and O–H groups in total. The highest BCUT2D eigenvalue weighted by Gasteiger charge is 2.58. The van der Waals surface area contributed by atoms with E-state index in [0.717, 1.165) is 27.0 Å². The van der Waals surface area contributed by atoms with E-state index in [1.165, 1.54) is 6.08 Å². The van der Waals surface area contributed by atoms with Gasteiger partial charge in [0.1, 0.15) is 0 Å². The van der Waals surface area contributed by atoms with Crippen LogP contribution in [0.5, 0.6) is 0 Å². The molecule has 3 aromatic carbocycles. The molecule has 0 saturated carbocycles. The van der Waals surface area contributed by atoms with Crippen LogP contribution in [-0.2, 0) is 26.4 Å². The molecule has 2 atom stereocenters. The van der Waals surface area contributed by atoms with Crippen LogP contribution >= 0.6 is 15.9 Å². The Balaban J connectivity index is 1.67. The maximum absolute atomic E-state index is 14.1. The van der Waals surface area contributed by atoms with Gasteiger partial charge in [-0.1, -0.05) is 64.5 Å². The van der Waals surface area contributed by atoms with Crippen molar-refractivity contribution >= 4 is 39.2 Å². The molecule has 0 spiro atoms. The van der Waals surface area contributed by atoms with Crippen molar-refractivity contribution < 1.29 is 14.3 Å². The highest BCUT2D eigenvalue weighted by atomic mass is 79.9. The van der Waals surface area contributed by atoms with Crippen molar-refractivity contribution in [1.29, 1.82) is 0 Å². The Morgan fingerprint density at radius 1 is 0.968 bits per heavy atom. The number of nitrogens with one attached hydrogen (secondary N) is 1. The van der Waals surface area contributed by atoms with Crippen LogP contribution < -0.4 is 10.2 Å². The number of carbonyl (C=O) groups is 2. The number of anilines is 2.